The molecule has 8 nitrogen and oxygen atoms in total. The van der Waals surface area contributed by atoms with Gasteiger partial charge in [0.15, 0.2) is 6.29 Å². The molecule has 35 heavy (non-hydrogen) atoms. The van der Waals surface area contributed by atoms with Gasteiger partial charge in [-0.3, -0.25) is 0 Å². The molecule has 5 rings (SSSR count). The first-order chi connectivity index (χ1) is 16.9. The van der Waals surface area contributed by atoms with Crippen LogP contribution in [0.3, 0.4) is 0 Å². The Balaban J connectivity index is 1.85. The van der Waals surface area contributed by atoms with Crippen LogP contribution in [0.15, 0.2) is 91.2 Å². The lowest BCUT2D eigenvalue weighted by atomic mass is 9.84. The molecule has 0 amide bonds. The lowest BCUT2D eigenvalue weighted by Gasteiger charge is -2.20. The summed E-state index contributed by atoms with van der Waals surface area (Å²) in [5, 5.41) is 32.8. The maximum absolute atomic E-state index is 13.1. The fourth-order valence-corrected chi connectivity index (χ4v) is 4.27. The molecule has 0 bridgehead atoms. The topological polar surface area (TPSA) is 130 Å². The van der Waals surface area contributed by atoms with E-state index in [1.54, 1.807) is 60.7 Å². The van der Waals surface area contributed by atoms with Gasteiger partial charge in [-0.15, -0.1) is 0 Å². The van der Waals surface area contributed by atoms with Gasteiger partial charge in [-0.1, -0.05) is 48.5 Å². The number of para-hydroxylation sites is 2. The van der Waals surface area contributed by atoms with Gasteiger partial charge in [0, 0.05) is 12.7 Å². The molecule has 0 aliphatic rings. The van der Waals surface area contributed by atoms with Crippen molar-refractivity contribution in [2.45, 2.75) is 12.2 Å². The van der Waals surface area contributed by atoms with Crippen LogP contribution in [-0.2, 0) is 4.74 Å². The number of fused-ring (bicyclic) bond motifs is 2. The molecule has 0 saturated heterocycles. The molecule has 0 aliphatic heterocycles. The van der Waals surface area contributed by atoms with E-state index in [0.717, 1.165) is 0 Å². The van der Waals surface area contributed by atoms with Gasteiger partial charge in [0.05, 0.1) is 27.8 Å². The van der Waals surface area contributed by atoms with Gasteiger partial charge < -0.3 is 28.9 Å². The van der Waals surface area contributed by atoms with Crippen molar-refractivity contribution in [2.24, 2.45) is 0 Å². The molecule has 5 aromatic rings. The second-order valence-corrected chi connectivity index (χ2v) is 7.98. The zero-order valence-electron chi connectivity index (χ0n) is 18.5. The SMILES string of the molecule is COC(O)c1ccc(C(c2c(O)c3ccccc3oc2=O)c2c(O)c3ccccc3oc2=O)cc1. The van der Waals surface area contributed by atoms with Crippen LogP contribution in [0.25, 0.3) is 21.9 Å². The molecule has 3 aromatic carbocycles. The highest BCUT2D eigenvalue weighted by Gasteiger charge is 2.32. The van der Waals surface area contributed by atoms with Gasteiger partial charge in [-0.2, -0.15) is 0 Å². The van der Waals surface area contributed by atoms with Crippen LogP contribution in [0.1, 0.15) is 34.5 Å². The van der Waals surface area contributed by atoms with Crippen LogP contribution in [0.4, 0.5) is 0 Å². The predicted octanol–water partition coefficient (Wildman–Crippen LogP) is 4.13. The summed E-state index contributed by atoms with van der Waals surface area (Å²) in [5.74, 6) is -2.00. The summed E-state index contributed by atoms with van der Waals surface area (Å²) in [5.41, 5.74) is -1.08. The largest absolute Gasteiger partial charge is 0.507 e. The number of aromatic hydroxyl groups is 2. The third kappa shape index (κ3) is 3.74. The average Bonchev–Trinajstić information content (AvgIpc) is 2.87. The van der Waals surface area contributed by atoms with E-state index in [0.29, 0.717) is 11.1 Å². The molecule has 176 valence electrons. The molecule has 0 saturated carbocycles. The minimum absolute atomic E-state index is 0.172. The number of benzene rings is 3. The van der Waals surface area contributed by atoms with Crippen molar-refractivity contribution in [3.05, 3.63) is 116 Å². The van der Waals surface area contributed by atoms with Gasteiger partial charge in [-0.25, -0.2) is 9.59 Å². The van der Waals surface area contributed by atoms with Crippen molar-refractivity contribution in [1.82, 2.24) is 0 Å². The van der Waals surface area contributed by atoms with E-state index in [-0.39, 0.29) is 44.6 Å². The first-order valence-corrected chi connectivity index (χ1v) is 10.7. The molecule has 2 heterocycles. The van der Waals surface area contributed by atoms with Crippen LogP contribution in [0.2, 0.25) is 0 Å². The molecule has 0 spiro atoms. The van der Waals surface area contributed by atoms with Crippen molar-refractivity contribution in [1.29, 1.82) is 0 Å². The van der Waals surface area contributed by atoms with Crippen LogP contribution >= 0.6 is 0 Å². The molecule has 1 unspecified atom stereocenters. The van der Waals surface area contributed by atoms with E-state index in [1.165, 1.54) is 19.2 Å². The smallest absolute Gasteiger partial charge is 0.344 e. The Morgan fingerprint density at radius 3 is 1.57 bits per heavy atom. The molecule has 1 atom stereocenters. The normalized spacial score (nSPS) is 12.4. The summed E-state index contributed by atoms with van der Waals surface area (Å²) < 4.78 is 15.8. The van der Waals surface area contributed by atoms with Crippen molar-refractivity contribution in [2.75, 3.05) is 7.11 Å². The lowest BCUT2D eigenvalue weighted by molar-refractivity contribution is -0.0769. The third-order valence-electron chi connectivity index (χ3n) is 6.00. The second kappa shape index (κ2) is 8.75. The fraction of sp³-hybridized carbons (Fsp3) is 0.111. The number of hydrogen-bond donors (Lipinski definition) is 3. The van der Waals surface area contributed by atoms with Gasteiger partial charge in [0.25, 0.3) is 0 Å². The molecule has 0 fully saturated rings. The van der Waals surface area contributed by atoms with Gasteiger partial charge >= 0.3 is 11.3 Å². The summed E-state index contributed by atoms with van der Waals surface area (Å²) in [6.45, 7) is 0. The van der Waals surface area contributed by atoms with Crippen LogP contribution < -0.4 is 11.3 Å². The van der Waals surface area contributed by atoms with Crippen molar-refractivity contribution < 1.29 is 28.9 Å². The van der Waals surface area contributed by atoms with E-state index in [4.69, 9.17) is 13.6 Å². The highest BCUT2D eigenvalue weighted by molar-refractivity contribution is 5.86. The van der Waals surface area contributed by atoms with Crippen molar-refractivity contribution >= 4 is 21.9 Å². The molecule has 0 aliphatic carbocycles. The highest BCUT2D eigenvalue weighted by Crippen LogP contribution is 2.42. The Bertz CT molecular complexity index is 1560. The van der Waals surface area contributed by atoms with E-state index in [1.807, 2.05) is 0 Å². The first-order valence-electron chi connectivity index (χ1n) is 10.7. The average molecular weight is 472 g/mol. The lowest BCUT2D eigenvalue weighted by Crippen LogP contribution is -2.21. The number of hydrogen-bond acceptors (Lipinski definition) is 8. The van der Waals surface area contributed by atoms with Gasteiger partial charge in [0.2, 0.25) is 0 Å². The standard InChI is InChI=1S/C27H20O8/c1-33-25(30)15-12-10-14(11-13-15)20(21-23(28)16-6-2-4-8-18(16)34-26(21)31)22-24(29)17-7-3-5-9-19(17)35-27(22)32/h2-13,20,25,28-30H,1H3. The molecular formula is C27H20O8. The molecule has 3 N–H and O–H groups in total. The third-order valence-corrected chi connectivity index (χ3v) is 6.00. The summed E-state index contributed by atoms with van der Waals surface area (Å²) >= 11 is 0. The maximum atomic E-state index is 13.1. The molecular weight excluding hydrogens is 452 g/mol. The molecule has 0 radical (unpaired) electrons. The summed E-state index contributed by atoms with van der Waals surface area (Å²) in [6, 6.07) is 19.1. The quantitative estimate of drug-likeness (QED) is 0.257. The molecule has 2 aromatic heterocycles. The monoisotopic (exact) mass is 472 g/mol. The Hall–Kier alpha value is -4.40. The maximum Gasteiger partial charge on any atom is 0.344 e. The summed E-state index contributed by atoms with van der Waals surface area (Å²) in [4.78, 5) is 26.3. The Labute approximate surface area is 197 Å². The second-order valence-electron chi connectivity index (χ2n) is 7.98. The zero-order chi connectivity index (χ0) is 24.7. The zero-order valence-corrected chi connectivity index (χ0v) is 18.5. The fourth-order valence-electron chi connectivity index (χ4n) is 4.27. The van der Waals surface area contributed by atoms with Gasteiger partial charge in [-0.05, 0) is 29.8 Å². The van der Waals surface area contributed by atoms with Crippen LogP contribution in [0, 0.1) is 0 Å². The van der Waals surface area contributed by atoms with Crippen molar-refractivity contribution in [3.8, 4) is 11.5 Å². The minimum Gasteiger partial charge on any atom is -0.507 e. The van der Waals surface area contributed by atoms with Crippen LogP contribution in [-0.4, -0.2) is 22.4 Å². The summed E-state index contributed by atoms with van der Waals surface area (Å²) in [6.07, 6.45) is -1.18. The Kier molecular flexibility index (Phi) is 5.60. The number of ether oxygens (including phenoxy) is 1. The Morgan fingerprint density at radius 2 is 1.11 bits per heavy atom. The van der Waals surface area contributed by atoms with E-state index >= 15 is 0 Å². The number of aliphatic hydroxyl groups is 1. The van der Waals surface area contributed by atoms with Gasteiger partial charge in [0.1, 0.15) is 22.7 Å². The van der Waals surface area contributed by atoms with Crippen LogP contribution in [0.5, 0.6) is 11.5 Å². The highest BCUT2D eigenvalue weighted by atomic mass is 16.6. The summed E-state index contributed by atoms with van der Waals surface area (Å²) in [7, 11) is 1.35. The number of aliphatic hydroxyl groups excluding tert-OH is 1. The first kappa shape index (κ1) is 22.4. The van der Waals surface area contributed by atoms with E-state index < -0.39 is 23.5 Å². The van der Waals surface area contributed by atoms with Crippen molar-refractivity contribution in [3.63, 3.8) is 0 Å². The number of methoxy groups -OCH3 is 1. The minimum atomic E-state index is -1.24. The number of rotatable bonds is 5. The Morgan fingerprint density at radius 1 is 0.686 bits per heavy atom. The van der Waals surface area contributed by atoms with E-state index in [9.17, 15) is 24.9 Å². The predicted molar refractivity (Wildman–Crippen MR) is 128 cm³/mol. The molecule has 8 heteroatoms. The van der Waals surface area contributed by atoms with E-state index in [2.05, 4.69) is 0 Å².